The summed E-state index contributed by atoms with van der Waals surface area (Å²) in [7, 11) is 6.35. The van der Waals surface area contributed by atoms with Gasteiger partial charge in [0, 0.05) is 74.3 Å². The Hall–Kier alpha value is -6.80. The van der Waals surface area contributed by atoms with Crippen LogP contribution in [0.2, 0.25) is 0 Å². The topological polar surface area (TPSA) is 261 Å². The van der Waals surface area contributed by atoms with Gasteiger partial charge < -0.3 is 58.5 Å². The van der Waals surface area contributed by atoms with Crippen LogP contribution in [0.25, 0.3) is 11.0 Å². The van der Waals surface area contributed by atoms with E-state index in [4.69, 9.17) is 56.4 Å². The first-order valence-corrected chi connectivity index (χ1v) is 20.9. The number of carbonyl (C=O) groups excluding carboxylic acids is 6. The van der Waals surface area contributed by atoms with E-state index >= 15 is 0 Å². The SMILES string of the molecule is COC(=O)[C@H]1O[C@@H](Oc2ccc(COC(=S)N(C)CCN(C)C(=O)n3ccc4c(N(C)[C@H]5CN(C(=O)CC#N)CC[C@H]5C)ncnc43)cc2N)[C@H](OC(C)=O)[C@@H](OC(C)=O)[C@@H]1OC(C)=O. The van der Waals surface area contributed by atoms with Gasteiger partial charge in [-0.25, -0.2) is 19.6 Å². The number of esters is 4. The molecule has 0 bridgehead atoms. The van der Waals surface area contributed by atoms with Gasteiger partial charge in [-0.1, -0.05) is 13.0 Å². The molecule has 0 radical (unpaired) electrons. The third-order valence-corrected chi connectivity index (χ3v) is 11.4. The van der Waals surface area contributed by atoms with Gasteiger partial charge in [0.05, 0.1) is 30.3 Å². The Kier molecular flexibility index (Phi) is 16.4. The molecule has 2 amide bonds. The molecule has 0 unspecified atom stereocenters. The number of carbonyl (C=O) groups is 6. The fraction of sp³-hybridized carbons (Fsp3) is 0.524. The number of benzene rings is 1. The number of nitrogen functional groups attached to an aromatic ring is 1. The predicted octanol–water partition coefficient (Wildman–Crippen LogP) is 2.01. The van der Waals surface area contributed by atoms with Gasteiger partial charge in [-0.2, -0.15) is 5.26 Å². The molecule has 2 aliphatic heterocycles. The first kappa shape index (κ1) is 49.2. The zero-order valence-corrected chi connectivity index (χ0v) is 38.1. The number of amides is 2. The van der Waals surface area contributed by atoms with Crippen LogP contribution >= 0.6 is 12.2 Å². The van der Waals surface area contributed by atoms with Crippen LogP contribution in [0.5, 0.6) is 5.75 Å². The maximum absolute atomic E-state index is 13.7. The summed E-state index contributed by atoms with van der Waals surface area (Å²) in [6.45, 7) is 6.94. The number of piperidine rings is 1. The van der Waals surface area contributed by atoms with Crippen LogP contribution in [-0.4, -0.2) is 161 Å². The highest BCUT2D eigenvalue weighted by molar-refractivity contribution is 7.80. The number of anilines is 2. The number of likely N-dealkylation sites (tertiary alicyclic amines) is 1. The van der Waals surface area contributed by atoms with E-state index in [1.807, 2.05) is 18.0 Å². The fourth-order valence-electron chi connectivity index (χ4n) is 7.51. The Morgan fingerprint density at radius 3 is 2.26 bits per heavy atom. The minimum Gasteiger partial charge on any atom is -0.467 e. The largest absolute Gasteiger partial charge is 0.467 e. The number of methoxy groups -OCH3 is 1. The second kappa shape index (κ2) is 21.7. The van der Waals surface area contributed by atoms with Gasteiger partial charge in [-0.05, 0) is 48.3 Å². The van der Waals surface area contributed by atoms with E-state index in [2.05, 4.69) is 16.9 Å². The summed E-state index contributed by atoms with van der Waals surface area (Å²) < 4.78 is 40.0. The van der Waals surface area contributed by atoms with Crippen molar-refractivity contribution >= 4 is 75.7 Å². The molecule has 0 saturated carbocycles. The van der Waals surface area contributed by atoms with Crippen LogP contribution in [0.4, 0.5) is 16.3 Å². The van der Waals surface area contributed by atoms with E-state index < -0.39 is 54.6 Å². The maximum Gasteiger partial charge on any atom is 0.339 e. The van der Waals surface area contributed by atoms with Gasteiger partial charge in [-0.15, -0.1) is 0 Å². The van der Waals surface area contributed by atoms with Crippen molar-refractivity contribution in [3.8, 4) is 11.8 Å². The van der Waals surface area contributed by atoms with Gasteiger partial charge in [-0.3, -0.25) is 23.7 Å². The number of likely N-dealkylation sites (N-methyl/N-ethyl adjacent to an activating group) is 3. The molecule has 4 heterocycles. The average Bonchev–Trinajstić information content (AvgIpc) is 3.70. The van der Waals surface area contributed by atoms with Crippen LogP contribution in [0.3, 0.4) is 0 Å². The lowest BCUT2D eigenvalue weighted by Gasteiger charge is -2.43. The Morgan fingerprint density at radius 1 is 0.954 bits per heavy atom. The van der Waals surface area contributed by atoms with Crippen LogP contribution < -0.4 is 15.4 Å². The standard InChI is InChI=1S/C42H53N9O13S/c1-23-12-15-50(32(55)11-14-43)20-30(23)49(7)37-28-13-16-51(38(28)46-22-45-37)41(57)47(5)17-18-48(6)42(65)59-21-27-9-10-31(29(44)19-27)63-40-36(62-26(4)54)34(61-25(3)53)33(60-24(2)52)35(64-40)39(56)58-8/h9-10,13,16,19,22-23,30,33-36,40H,11-12,15,17-18,20-21,44H2,1-8H3/t23-,30+,33+,34+,35+,36-,40-/m1/s1. The van der Waals surface area contributed by atoms with Crippen molar-refractivity contribution < 1.29 is 61.9 Å². The number of thiocarbonyl (C=S) groups is 1. The molecule has 65 heavy (non-hydrogen) atoms. The molecule has 2 aromatic heterocycles. The Balaban J connectivity index is 1.19. The summed E-state index contributed by atoms with van der Waals surface area (Å²) >= 11 is 5.52. The van der Waals surface area contributed by atoms with Gasteiger partial charge in [0.15, 0.2) is 24.0 Å². The first-order chi connectivity index (χ1) is 30.8. The normalized spacial score (nSPS) is 21.5. The third kappa shape index (κ3) is 11.9. The van der Waals surface area contributed by atoms with Gasteiger partial charge >= 0.3 is 29.9 Å². The van der Waals surface area contributed by atoms with Crippen molar-refractivity contribution in [2.45, 2.75) is 83.9 Å². The predicted molar refractivity (Wildman–Crippen MR) is 233 cm³/mol. The second-order valence-corrected chi connectivity index (χ2v) is 15.9. The summed E-state index contributed by atoms with van der Waals surface area (Å²) in [5.41, 5.74) is 7.42. The highest BCUT2D eigenvalue weighted by atomic mass is 32.1. The van der Waals surface area contributed by atoms with Crippen LogP contribution in [0.1, 0.15) is 46.1 Å². The summed E-state index contributed by atoms with van der Waals surface area (Å²) in [6.07, 6.45) is -4.24. The Labute approximate surface area is 380 Å². The first-order valence-electron chi connectivity index (χ1n) is 20.5. The molecule has 5 rings (SSSR count). The molecule has 350 valence electrons. The molecule has 0 aliphatic carbocycles. The number of nitrogens with zero attached hydrogens (tertiary/aromatic N) is 8. The maximum atomic E-state index is 13.7. The zero-order chi connectivity index (χ0) is 47.7. The Bertz CT molecular complexity index is 2320. The lowest BCUT2D eigenvalue weighted by molar-refractivity contribution is -0.282. The number of nitrogens with two attached hydrogens (primary N) is 1. The number of nitriles is 1. The summed E-state index contributed by atoms with van der Waals surface area (Å²) in [4.78, 5) is 91.2. The van der Waals surface area contributed by atoms with Gasteiger partial charge in [0.1, 0.15) is 30.9 Å². The molecular formula is C42H53N9O13S. The van der Waals surface area contributed by atoms with Crippen LogP contribution in [-0.2, 0) is 59.0 Å². The molecular weight excluding hydrogens is 871 g/mol. The second-order valence-electron chi connectivity index (χ2n) is 15.6. The van der Waals surface area contributed by atoms with Gasteiger partial charge in [0.25, 0.3) is 5.17 Å². The summed E-state index contributed by atoms with van der Waals surface area (Å²) in [5, 5.41) is 9.84. The van der Waals surface area contributed by atoms with E-state index in [-0.39, 0.29) is 60.1 Å². The van der Waals surface area contributed by atoms with Crippen molar-refractivity contribution in [3.05, 3.63) is 42.4 Å². The van der Waals surface area contributed by atoms with E-state index in [9.17, 15) is 28.8 Å². The molecule has 1 aromatic carbocycles. The molecule has 22 nitrogen and oxygen atoms in total. The smallest absolute Gasteiger partial charge is 0.339 e. The fourth-order valence-corrected chi connectivity index (χ4v) is 7.66. The monoisotopic (exact) mass is 923 g/mol. The Morgan fingerprint density at radius 2 is 1.62 bits per heavy atom. The third-order valence-electron chi connectivity index (χ3n) is 10.9. The van der Waals surface area contributed by atoms with Crippen molar-refractivity contribution in [1.29, 1.82) is 5.26 Å². The van der Waals surface area contributed by atoms with Crippen molar-refractivity contribution in [3.63, 3.8) is 0 Å². The summed E-state index contributed by atoms with van der Waals surface area (Å²) in [6, 6.07) is 7.94. The van der Waals surface area contributed by atoms with E-state index in [0.717, 1.165) is 34.3 Å². The molecule has 2 fully saturated rings. The number of aromatic nitrogens is 3. The number of fused-ring (bicyclic) bond motifs is 1. The lowest BCUT2D eigenvalue weighted by Crippen LogP contribution is -2.64. The van der Waals surface area contributed by atoms with E-state index in [0.29, 0.717) is 42.0 Å². The summed E-state index contributed by atoms with van der Waals surface area (Å²) in [5.74, 6) is -2.80. The average molecular weight is 924 g/mol. The van der Waals surface area contributed by atoms with Crippen molar-refractivity contribution in [1.82, 2.24) is 29.2 Å². The molecule has 3 aromatic rings. The lowest BCUT2D eigenvalue weighted by atomic mass is 9.92. The van der Waals surface area contributed by atoms with Gasteiger partial charge in [0.2, 0.25) is 18.3 Å². The number of hydrogen-bond acceptors (Lipinski definition) is 19. The quantitative estimate of drug-likeness (QED) is 0.105. The highest BCUT2D eigenvalue weighted by Gasteiger charge is 2.56. The van der Waals surface area contributed by atoms with E-state index in [1.165, 1.54) is 27.9 Å². The highest BCUT2D eigenvalue weighted by Crippen LogP contribution is 2.34. The van der Waals surface area contributed by atoms with Crippen LogP contribution in [0.15, 0.2) is 36.8 Å². The number of rotatable bonds is 14. The van der Waals surface area contributed by atoms with E-state index in [1.54, 1.807) is 42.2 Å². The molecule has 2 N–H and O–H groups in total. The molecule has 2 aliphatic rings. The molecule has 2 saturated heterocycles. The molecule has 0 spiro atoms. The minimum absolute atomic E-state index is 0.0128. The number of hydrogen-bond donors (Lipinski definition) is 1. The minimum atomic E-state index is -1.65. The number of ether oxygens (including phenoxy) is 7. The van der Waals surface area contributed by atoms with Crippen molar-refractivity contribution in [2.75, 3.05) is 65.1 Å². The molecule has 23 heteroatoms. The van der Waals surface area contributed by atoms with Crippen LogP contribution in [0, 0.1) is 17.2 Å². The molecule has 7 atom stereocenters. The zero-order valence-electron chi connectivity index (χ0n) is 37.3. The van der Waals surface area contributed by atoms with Crippen molar-refractivity contribution in [2.24, 2.45) is 5.92 Å².